The number of nitrogens with one attached hydrogen (secondary N) is 1. The SMILES string of the molecule is CCN(CC)CCc1ncc(CNC2CC2)s1. The summed E-state index contributed by atoms with van der Waals surface area (Å²) in [6.45, 7) is 8.85. The summed E-state index contributed by atoms with van der Waals surface area (Å²) >= 11 is 1.87. The van der Waals surface area contributed by atoms with Gasteiger partial charge in [0.25, 0.3) is 0 Å². The average Bonchev–Trinajstić information content (AvgIpc) is 3.07. The monoisotopic (exact) mass is 253 g/mol. The molecule has 0 atom stereocenters. The molecule has 1 aliphatic rings. The van der Waals surface area contributed by atoms with Gasteiger partial charge in [0.15, 0.2) is 0 Å². The Balaban J connectivity index is 1.72. The van der Waals surface area contributed by atoms with Crippen molar-refractivity contribution in [1.29, 1.82) is 0 Å². The quantitative estimate of drug-likeness (QED) is 0.770. The second-order valence-electron chi connectivity index (χ2n) is 4.65. The maximum atomic E-state index is 4.51. The molecule has 1 aromatic rings. The van der Waals surface area contributed by atoms with Gasteiger partial charge in [-0.25, -0.2) is 4.98 Å². The predicted octanol–water partition coefficient (Wildman–Crippen LogP) is 2.28. The van der Waals surface area contributed by atoms with E-state index in [1.165, 1.54) is 22.7 Å². The van der Waals surface area contributed by atoms with Gasteiger partial charge in [-0.1, -0.05) is 13.8 Å². The number of hydrogen-bond acceptors (Lipinski definition) is 4. The number of likely N-dealkylation sites (N-methyl/N-ethyl adjacent to an activating group) is 1. The van der Waals surface area contributed by atoms with Crippen LogP contribution >= 0.6 is 11.3 Å². The van der Waals surface area contributed by atoms with Crippen molar-refractivity contribution in [3.63, 3.8) is 0 Å². The average molecular weight is 253 g/mol. The standard InChI is InChI=1S/C13H23N3S/c1-3-16(4-2)8-7-13-15-10-12(17-13)9-14-11-5-6-11/h10-11,14H,3-9H2,1-2H3. The largest absolute Gasteiger partial charge is 0.309 e. The van der Waals surface area contributed by atoms with Gasteiger partial charge in [-0.2, -0.15) is 0 Å². The molecule has 0 aliphatic heterocycles. The summed E-state index contributed by atoms with van der Waals surface area (Å²) in [5, 5.41) is 4.82. The molecule has 1 saturated carbocycles. The summed E-state index contributed by atoms with van der Waals surface area (Å²) in [5.41, 5.74) is 0. The first-order valence-electron chi connectivity index (χ1n) is 6.71. The van der Waals surface area contributed by atoms with Crippen LogP contribution < -0.4 is 5.32 Å². The van der Waals surface area contributed by atoms with Crippen LogP contribution in [0.15, 0.2) is 6.20 Å². The summed E-state index contributed by atoms with van der Waals surface area (Å²) < 4.78 is 0. The van der Waals surface area contributed by atoms with Crippen molar-refractivity contribution in [3.8, 4) is 0 Å². The lowest BCUT2D eigenvalue weighted by Gasteiger charge is -2.16. The highest BCUT2D eigenvalue weighted by molar-refractivity contribution is 7.11. The summed E-state index contributed by atoms with van der Waals surface area (Å²) in [6, 6.07) is 0.788. The smallest absolute Gasteiger partial charge is 0.0940 e. The highest BCUT2D eigenvalue weighted by Crippen LogP contribution is 2.20. The molecule has 3 nitrogen and oxygen atoms in total. The molecule has 0 radical (unpaired) electrons. The number of aromatic nitrogens is 1. The molecule has 0 spiro atoms. The lowest BCUT2D eigenvalue weighted by Crippen LogP contribution is -2.25. The fraction of sp³-hybridized carbons (Fsp3) is 0.769. The Morgan fingerprint density at radius 2 is 2.18 bits per heavy atom. The zero-order valence-electron chi connectivity index (χ0n) is 10.9. The minimum atomic E-state index is 0.788. The Hall–Kier alpha value is -0.450. The van der Waals surface area contributed by atoms with Crippen LogP contribution in [0.25, 0.3) is 0 Å². The van der Waals surface area contributed by atoms with Crippen molar-refractivity contribution in [2.75, 3.05) is 19.6 Å². The maximum Gasteiger partial charge on any atom is 0.0940 e. The van der Waals surface area contributed by atoms with Crippen molar-refractivity contribution in [1.82, 2.24) is 15.2 Å². The molecular weight excluding hydrogens is 230 g/mol. The van der Waals surface area contributed by atoms with Gasteiger partial charge in [-0.05, 0) is 25.9 Å². The Kier molecular flexibility index (Phi) is 4.95. The van der Waals surface area contributed by atoms with Gasteiger partial charge in [0.2, 0.25) is 0 Å². The second-order valence-corrected chi connectivity index (χ2v) is 5.85. The van der Waals surface area contributed by atoms with E-state index in [4.69, 9.17) is 0 Å². The third-order valence-electron chi connectivity index (χ3n) is 3.28. The van der Waals surface area contributed by atoms with Gasteiger partial charge in [0.05, 0.1) is 5.01 Å². The third-order valence-corrected chi connectivity index (χ3v) is 4.34. The zero-order valence-corrected chi connectivity index (χ0v) is 11.7. The fourth-order valence-electron chi connectivity index (χ4n) is 1.87. The fourth-order valence-corrected chi connectivity index (χ4v) is 2.73. The highest BCUT2D eigenvalue weighted by Gasteiger charge is 2.20. The molecule has 96 valence electrons. The van der Waals surface area contributed by atoms with E-state index in [0.29, 0.717) is 0 Å². The summed E-state index contributed by atoms with van der Waals surface area (Å²) in [5.74, 6) is 0. The third kappa shape index (κ3) is 4.37. The molecular formula is C13H23N3S. The normalized spacial score (nSPS) is 15.7. The first kappa shape index (κ1) is 13.0. The van der Waals surface area contributed by atoms with Gasteiger partial charge < -0.3 is 10.2 Å². The van der Waals surface area contributed by atoms with E-state index in [2.05, 4.69) is 29.0 Å². The number of hydrogen-bond donors (Lipinski definition) is 1. The van der Waals surface area contributed by atoms with Crippen LogP contribution in [0.1, 0.15) is 36.6 Å². The lowest BCUT2D eigenvalue weighted by atomic mass is 10.4. The van der Waals surface area contributed by atoms with E-state index >= 15 is 0 Å². The van der Waals surface area contributed by atoms with Crippen LogP contribution in [0.5, 0.6) is 0 Å². The predicted molar refractivity (Wildman–Crippen MR) is 73.5 cm³/mol. The van der Waals surface area contributed by atoms with Crippen LogP contribution in [-0.4, -0.2) is 35.6 Å². The number of nitrogens with zero attached hydrogens (tertiary/aromatic N) is 2. The maximum absolute atomic E-state index is 4.51. The van der Waals surface area contributed by atoms with Crippen LogP contribution in [0.4, 0.5) is 0 Å². The summed E-state index contributed by atoms with van der Waals surface area (Å²) in [6.07, 6.45) is 5.84. The minimum absolute atomic E-state index is 0.788. The number of thiazole rings is 1. The number of rotatable bonds is 8. The molecule has 0 saturated heterocycles. The van der Waals surface area contributed by atoms with Crippen molar-refractivity contribution in [2.45, 2.75) is 45.7 Å². The van der Waals surface area contributed by atoms with Gasteiger partial charge in [0, 0.05) is 36.6 Å². The van der Waals surface area contributed by atoms with E-state index in [-0.39, 0.29) is 0 Å². The van der Waals surface area contributed by atoms with E-state index < -0.39 is 0 Å². The Labute approximate surface area is 108 Å². The molecule has 1 aliphatic carbocycles. The van der Waals surface area contributed by atoms with Crippen molar-refractivity contribution in [2.24, 2.45) is 0 Å². The summed E-state index contributed by atoms with van der Waals surface area (Å²) in [7, 11) is 0. The van der Waals surface area contributed by atoms with Crippen molar-refractivity contribution < 1.29 is 0 Å². The molecule has 1 aromatic heterocycles. The lowest BCUT2D eigenvalue weighted by molar-refractivity contribution is 0.308. The molecule has 0 aromatic carbocycles. The molecule has 2 rings (SSSR count). The summed E-state index contributed by atoms with van der Waals surface area (Å²) in [4.78, 5) is 8.34. The van der Waals surface area contributed by atoms with Crippen LogP contribution in [0.3, 0.4) is 0 Å². The molecule has 1 heterocycles. The van der Waals surface area contributed by atoms with E-state index in [1.54, 1.807) is 0 Å². The Morgan fingerprint density at radius 3 is 2.82 bits per heavy atom. The Bertz CT molecular complexity index is 329. The van der Waals surface area contributed by atoms with Gasteiger partial charge in [-0.3, -0.25) is 0 Å². The first-order chi connectivity index (χ1) is 8.31. The van der Waals surface area contributed by atoms with Crippen molar-refractivity contribution >= 4 is 11.3 Å². The highest BCUT2D eigenvalue weighted by atomic mass is 32.1. The molecule has 4 heteroatoms. The van der Waals surface area contributed by atoms with E-state index in [9.17, 15) is 0 Å². The van der Waals surface area contributed by atoms with Crippen molar-refractivity contribution in [3.05, 3.63) is 16.1 Å². The topological polar surface area (TPSA) is 28.2 Å². The second kappa shape index (κ2) is 6.47. The molecule has 0 bridgehead atoms. The Morgan fingerprint density at radius 1 is 1.41 bits per heavy atom. The van der Waals surface area contributed by atoms with E-state index in [1.807, 2.05) is 17.5 Å². The molecule has 0 amide bonds. The van der Waals surface area contributed by atoms with Crippen LogP contribution in [0.2, 0.25) is 0 Å². The van der Waals surface area contributed by atoms with Gasteiger partial charge >= 0.3 is 0 Å². The van der Waals surface area contributed by atoms with Gasteiger partial charge in [-0.15, -0.1) is 11.3 Å². The molecule has 1 N–H and O–H groups in total. The molecule has 0 unspecified atom stereocenters. The van der Waals surface area contributed by atoms with Gasteiger partial charge in [0.1, 0.15) is 0 Å². The van der Waals surface area contributed by atoms with Crippen LogP contribution in [-0.2, 0) is 13.0 Å². The minimum Gasteiger partial charge on any atom is -0.309 e. The van der Waals surface area contributed by atoms with E-state index in [0.717, 1.165) is 38.6 Å². The molecule has 17 heavy (non-hydrogen) atoms. The molecule has 1 fully saturated rings. The van der Waals surface area contributed by atoms with Crippen LogP contribution in [0, 0.1) is 0 Å². The zero-order chi connectivity index (χ0) is 12.1. The first-order valence-corrected chi connectivity index (χ1v) is 7.52.